The van der Waals surface area contributed by atoms with Crippen molar-refractivity contribution in [2.75, 3.05) is 11.9 Å². The Kier molecular flexibility index (Phi) is 3.59. The van der Waals surface area contributed by atoms with Gasteiger partial charge < -0.3 is 9.84 Å². The molecule has 2 heterocycles. The van der Waals surface area contributed by atoms with E-state index in [2.05, 4.69) is 20.4 Å². The van der Waals surface area contributed by atoms with Gasteiger partial charge in [-0.3, -0.25) is 0 Å². The van der Waals surface area contributed by atoms with Crippen LogP contribution in [-0.4, -0.2) is 30.1 Å². The minimum Gasteiger partial charge on any atom is -0.361 e. The highest BCUT2D eigenvalue weighted by Crippen LogP contribution is 2.21. The monoisotopic (exact) mass is 289 g/mol. The number of nitrogens with two attached hydrogens (primary N) is 1. The Bertz CT molecular complexity index is 633. The van der Waals surface area contributed by atoms with Crippen molar-refractivity contribution in [2.45, 2.75) is 17.6 Å². The Morgan fingerprint density at radius 3 is 2.89 bits per heavy atom. The number of primary sulfonamides is 1. The van der Waals surface area contributed by atoms with Crippen molar-refractivity contribution < 1.29 is 12.9 Å². The van der Waals surface area contributed by atoms with Crippen LogP contribution in [0.25, 0.3) is 0 Å². The number of anilines is 1. The summed E-state index contributed by atoms with van der Waals surface area (Å²) in [6.45, 7) is 2.25. The molecule has 0 aliphatic rings. The lowest BCUT2D eigenvalue weighted by Gasteiger charge is -1.98. The molecule has 2 rings (SSSR count). The molecular formula is C8H11N5O3S2. The maximum absolute atomic E-state index is 11.0. The second-order valence-electron chi connectivity index (χ2n) is 3.44. The number of sulfonamides is 1. The summed E-state index contributed by atoms with van der Waals surface area (Å²) in [7, 11) is -3.68. The van der Waals surface area contributed by atoms with Gasteiger partial charge in [-0.05, 0) is 6.92 Å². The van der Waals surface area contributed by atoms with Crippen molar-refractivity contribution in [3.63, 3.8) is 0 Å². The number of thiazole rings is 1. The van der Waals surface area contributed by atoms with E-state index in [1.807, 2.05) is 0 Å². The van der Waals surface area contributed by atoms with E-state index in [-0.39, 0.29) is 4.21 Å². The van der Waals surface area contributed by atoms with Crippen molar-refractivity contribution in [3.8, 4) is 0 Å². The van der Waals surface area contributed by atoms with E-state index < -0.39 is 10.0 Å². The van der Waals surface area contributed by atoms with Crippen molar-refractivity contribution in [3.05, 3.63) is 17.9 Å². The molecule has 98 valence electrons. The first-order valence-electron chi connectivity index (χ1n) is 4.97. The molecule has 0 amide bonds. The van der Waals surface area contributed by atoms with Gasteiger partial charge in [0.25, 0.3) is 0 Å². The molecule has 0 aromatic carbocycles. The fraction of sp³-hybridized carbons (Fsp3) is 0.375. The lowest BCUT2D eigenvalue weighted by atomic mass is 10.4. The van der Waals surface area contributed by atoms with Crippen LogP contribution in [0.4, 0.5) is 5.13 Å². The average Bonchev–Trinajstić information content (AvgIpc) is 2.87. The first-order valence-corrected chi connectivity index (χ1v) is 7.33. The maximum atomic E-state index is 11.0. The summed E-state index contributed by atoms with van der Waals surface area (Å²) in [4.78, 5) is 7.94. The molecule has 0 atom stereocenters. The molecule has 0 saturated carbocycles. The van der Waals surface area contributed by atoms with Gasteiger partial charge in [0.15, 0.2) is 15.2 Å². The van der Waals surface area contributed by atoms with Crippen LogP contribution in [-0.2, 0) is 16.4 Å². The molecule has 3 N–H and O–H groups in total. The summed E-state index contributed by atoms with van der Waals surface area (Å²) in [5.41, 5.74) is 0. The van der Waals surface area contributed by atoms with Crippen LogP contribution in [0.2, 0.25) is 0 Å². The van der Waals surface area contributed by atoms with Crippen LogP contribution in [0.1, 0.15) is 11.7 Å². The summed E-state index contributed by atoms with van der Waals surface area (Å²) in [6.07, 6.45) is 1.75. The summed E-state index contributed by atoms with van der Waals surface area (Å²) >= 11 is 0.978. The summed E-state index contributed by atoms with van der Waals surface area (Å²) in [5, 5.41) is 12.1. The predicted octanol–water partition coefficient (Wildman–Crippen LogP) is 0.137. The van der Waals surface area contributed by atoms with E-state index >= 15 is 0 Å². The molecule has 18 heavy (non-hydrogen) atoms. The molecule has 8 nitrogen and oxygen atoms in total. The maximum Gasteiger partial charge on any atom is 0.249 e. The molecule has 2 aromatic heterocycles. The summed E-state index contributed by atoms with van der Waals surface area (Å²) in [5.74, 6) is 1.10. The third-order valence-corrected chi connectivity index (χ3v) is 4.31. The number of aromatic nitrogens is 3. The number of rotatable bonds is 5. The van der Waals surface area contributed by atoms with Crippen LogP contribution in [0.3, 0.4) is 0 Å². The standard InChI is InChI=1S/C8H11N5O3S2/c1-5-12-6(16-13-5)2-3-10-8-11-4-7(17-8)18(9,14)15/h4H,2-3H2,1H3,(H,10,11)(H2,9,14,15). The van der Waals surface area contributed by atoms with Gasteiger partial charge in [-0.2, -0.15) is 4.98 Å². The van der Waals surface area contributed by atoms with Crippen molar-refractivity contribution >= 4 is 26.5 Å². The van der Waals surface area contributed by atoms with Gasteiger partial charge in [-0.15, -0.1) is 0 Å². The summed E-state index contributed by atoms with van der Waals surface area (Å²) in [6, 6.07) is 0. The number of aryl methyl sites for hydroxylation is 1. The molecular weight excluding hydrogens is 278 g/mol. The van der Waals surface area contributed by atoms with Gasteiger partial charge in [0.2, 0.25) is 15.9 Å². The highest BCUT2D eigenvalue weighted by molar-refractivity contribution is 7.91. The van der Waals surface area contributed by atoms with Gasteiger partial charge in [-0.1, -0.05) is 16.5 Å². The third kappa shape index (κ3) is 3.24. The molecule has 0 aliphatic heterocycles. The molecule has 0 radical (unpaired) electrons. The highest BCUT2D eigenvalue weighted by Gasteiger charge is 2.12. The van der Waals surface area contributed by atoms with Gasteiger partial charge >= 0.3 is 0 Å². The van der Waals surface area contributed by atoms with E-state index in [0.29, 0.717) is 29.8 Å². The van der Waals surface area contributed by atoms with E-state index in [4.69, 9.17) is 9.66 Å². The Balaban J connectivity index is 1.89. The molecule has 10 heteroatoms. The van der Waals surface area contributed by atoms with Gasteiger partial charge in [0.1, 0.15) is 0 Å². The van der Waals surface area contributed by atoms with Gasteiger partial charge in [0.05, 0.1) is 6.20 Å². The van der Waals surface area contributed by atoms with E-state index in [1.54, 1.807) is 6.92 Å². The molecule has 0 spiro atoms. The van der Waals surface area contributed by atoms with Crippen LogP contribution >= 0.6 is 11.3 Å². The summed E-state index contributed by atoms with van der Waals surface area (Å²) < 4.78 is 27.0. The van der Waals surface area contributed by atoms with Crippen LogP contribution in [0.15, 0.2) is 14.9 Å². The first kappa shape index (κ1) is 12.9. The second-order valence-corrected chi connectivity index (χ2v) is 6.26. The average molecular weight is 289 g/mol. The Labute approximate surface area is 107 Å². The molecule has 0 unspecified atom stereocenters. The van der Waals surface area contributed by atoms with Crippen molar-refractivity contribution in [1.29, 1.82) is 0 Å². The molecule has 0 fully saturated rings. The normalized spacial score (nSPS) is 11.7. The smallest absolute Gasteiger partial charge is 0.249 e. The number of hydrogen-bond donors (Lipinski definition) is 2. The Hall–Kier alpha value is -1.52. The zero-order chi connectivity index (χ0) is 13.2. The lowest BCUT2D eigenvalue weighted by Crippen LogP contribution is -2.10. The third-order valence-electron chi connectivity index (χ3n) is 1.95. The minimum absolute atomic E-state index is 0.0265. The van der Waals surface area contributed by atoms with Gasteiger partial charge in [-0.25, -0.2) is 18.5 Å². The van der Waals surface area contributed by atoms with E-state index in [0.717, 1.165) is 11.3 Å². The topological polar surface area (TPSA) is 124 Å². The van der Waals surface area contributed by atoms with Crippen molar-refractivity contribution in [2.24, 2.45) is 5.14 Å². The van der Waals surface area contributed by atoms with E-state index in [1.165, 1.54) is 6.20 Å². The van der Waals surface area contributed by atoms with Gasteiger partial charge in [0, 0.05) is 13.0 Å². The number of hydrogen-bond acceptors (Lipinski definition) is 8. The largest absolute Gasteiger partial charge is 0.361 e. The lowest BCUT2D eigenvalue weighted by molar-refractivity contribution is 0.377. The highest BCUT2D eigenvalue weighted by atomic mass is 32.2. The predicted molar refractivity (Wildman–Crippen MR) is 64.7 cm³/mol. The zero-order valence-corrected chi connectivity index (χ0v) is 11.1. The first-order chi connectivity index (χ1) is 8.45. The fourth-order valence-electron chi connectivity index (χ4n) is 1.19. The van der Waals surface area contributed by atoms with E-state index in [9.17, 15) is 8.42 Å². The Morgan fingerprint density at radius 1 is 1.56 bits per heavy atom. The molecule has 0 bridgehead atoms. The van der Waals surface area contributed by atoms with Crippen molar-refractivity contribution in [1.82, 2.24) is 15.1 Å². The molecule has 2 aromatic rings. The minimum atomic E-state index is -3.68. The number of nitrogens with zero attached hydrogens (tertiary/aromatic N) is 3. The molecule has 0 saturated heterocycles. The SMILES string of the molecule is Cc1noc(CCNc2ncc(S(N)(=O)=O)s2)n1. The molecule has 0 aliphatic carbocycles. The quantitative estimate of drug-likeness (QED) is 0.802. The number of nitrogens with one attached hydrogen (secondary N) is 1. The van der Waals surface area contributed by atoms with Crippen LogP contribution in [0, 0.1) is 6.92 Å². The Morgan fingerprint density at radius 2 is 2.33 bits per heavy atom. The second kappa shape index (κ2) is 5.00. The zero-order valence-electron chi connectivity index (χ0n) is 9.45. The van der Waals surface area contributed by atoms with Crippen LogP contribution < -0.4 is 10.5 Å². The van der Waals surface area contributed by atoms with Crippen LogP contribution in [0.5, 0.6) is 0 Å². The fourth-order valence-corrected chi connectivity index (χ4v) is 2.67.